The summed E-state index contributed by atoms with van der Waals surface area (Å²) in [6.45, 7) is 2.13. The fraction of sp³-hybridized carbons (Fsp3) is 0.273. The summed E-state index contributed by atoms with van der Waals surface area (Å²) >= 11 is 6.00. The minimum absolute atomic E-state index is 0.0316. The summed E-state index contributed by atoms with van der Waals surface area (Å²) in [5.41, 5.74) is 2.06. The molecule has 0 radical (unpaired) electrons. The van der Waals surface area contributed by atoms with Gasteiger partial charge in [-0.2, -0.15) is 5.10 Å². The third-order valence-electron chi connectivity index (χ3n) is 5.04. The first-order valence-corrected chi connectivity index (χ1v) is 12.0. The number of halogens is 1. The van der Waals surface area contributed by atoms with Crippen molar-refractivity contribution in [2.45, 2.75) is 26.0 Å². The first-order valence-electron chi connectivity index (χ1n) is 9.84. The lowest BCUT2D eigenvalue weighted by atomic mass is 10.2. The number of hydrogen-bond acceptors (Lipinski definition) is 5. The Morgan fingerprint density at radius 1 is 1.23 bits per heavy atom. The maximum atomic E-state index is 12.8. The summed E-state index contributed by atoms with van der Waals surface area (Å²) in [6, 6.07) is 15.7. The molecule has 7 nitrogen and oxygen atoms in total. The number of nitrogens with one attached hydrogen (secondary N) is 1. The molecule has 4 rings (SSSR count). The van der Waals surface area contributed by atoms with E-state index in [1.807, 2.05) is 18.2 Å². The van der Waals surface area contributed by atoms with Crippen molar-refractivity contribution in [2.75, 3.05) is 16.8 Å². The molecule has 1 N–H and O–H groups in total. The van der Waals surface area contributed by atoms with Gasteiger partial charge >= 0.3 is 0 Å². The molecule has 0 aliphatic carbocycles. The van der Waals surface area contributed by atoms with Crippen LogP contribution in [-0.2, 0) is 16.4 Å². The van der Waals surface area contributed by atoms with Crippen LogP contribution >= 0.6 is 11.6 Å². The fourth-order valence-electron chi connectivity index (χ4n) is 3.57. The third-order valence-corrected chi connectivity index (χ3v) is 7.03. The van der Waals surface area contributed by atoms with Crippen LogP contribution in [0.2, 0.25) is 5.02 Å². The first-order chi connectivity index (χ1) is 14.8. The Morgan fingerprint density at radius 3 is 2.77 bits per heavy atom. The topological polar surface area (TPSA) is 90.3 Å². The molecule has 3 aromatic rings. The predicted octanol–water partition coefficient (Wildman–Crippen LogP) is 4.04. The third kappa shape index (κ3) is 5.26. The highest BCUT2D eigenvalue weighted by Gasteiger charge is 2.31. The van der Waals surface area contributed by atoms with Crippen LogP contribution in [0.25, 0.3) is 0 Å². The molecule has 1 amide bonds. The van der Waals surface area contributed by atoms with Crippen molar-refractivity contribution < 1.29 is 17.9 Å². The number of anilines is 1. The summed E-state index contributed by atoms with van der Waals surface area (Å²) in [4.78, 5) is 12.8. The molecule has 1 aromatic heterocycles. The van der Waals surface area contributed by atoms with E-state index in [-0.39, 0.29) is 23.5 Å². The monoisotopic (exact) mass is 459 g/mol. The predicted molar refractivity (Wildman–Crippen MR) is 119 cm³/mol. The molecular formula is C22H22ClN3O4S. The smallest absolute Gasteiger partial charge is 0.256 e. The number of sulfone groups is 1. The number of aryl methyl sites for hydroxylation is 1. The maximum Gasteiger partial charge on any atom is 0.256 e. The van der Waals surface area contributed by atoms with Gasteiger partial charge in [-0.25, -0.2) is 13.1 Å². The Kier molecular flexibility index (Phi) is 6.02. The highest BCUT2D eigenvalue weighted by molar-refractivity contribution is 7.91. The SMILES string of the molecule is Cc1cc(NC(=O)c2cccc(OCc3cccc(Cl)c3)c2)n(C2CCS(=O)(=O)C2)n1. The van der Waals surface area contributed by atoms with Gasteiger partial charge < -0.3 is 10.1 Å². The van der Waals surface area contributed by atoms with Crippen molar-refractivity contribution in [3.8, 4) is 5.75 Å². The Balaban J connectivity index is 1.46. The summed E-state index contributed by atoms with van der Waals surface area (Å²) in [5.74, 6) is 0.879. The van der Waals surface area contributed by atoms with Gasteiger partial charge in [0.1, 0.15) is 18.2 Å². The minimum atomic E-state index is -3.07. The highest BCUT2D eigenvalue weighted by atomic mass is 35.5. The molecule has 2 aromatic carbocycles. The average Bonchev–Trinajstić information content (AvgIpc) is 3.28. The number of aromatic nitrogens is 2. The van der Waals surface area contributed by atoms with Gasteiger partial charge in [0.2, 0.25) is 0 Å². The Morgan fingerprint density at radius 2 is 2.03 bits per heavy atom. The lowest BCUT2D eigenvalue weighted by molar-refractivity contribution is 0.102. The molecule has 0 saturated carbocycles. The van der Waals surface area contributed by atoms with Crippen molar-refractivity contribution in [1.29, 1.82) is 0 Å². The Hall–Kier alpha value is -2.84. The number of carbonyl (C=O) groups excluding carboxylic acids is 1. The van der Waals surface area contributed by atoms with Crippen LogP contribution in [-0.4, -0.2) is 35.6 Å². The van der Waals surface area contributed by atoms with Gasteiger partial charge in [0.25, 0.3) is 5.91 Å². The second-order valence-electron chi connectivity index (χ2n) is 7.57. The van der Waals surface area contributed by atoms with Crippen LogP contribution in [0.4, 0.5) is 5.82 Å². The number of nitrogens with zero attached hydrogens (tertiary/aromatic N) is 2. The standard InChI is InChI=1S/C22H22ClN3O4S/c1-15-10-21(26(25-15)19-8-9-31(28,29)14-19)24-22(27)17-5-3-7-20(12-17)30-13-16-4-2-6-18(23)11-16/h2-7,10-12,19H,8-9,13-14H2,1H3,(H,24,27). The van der Waals surface area contributed by atoms with Crippen molar-refractivity contribution in [1.82, 2.24) is 9.78 Å². The summed E-state index contributed by atoms with van der Waals surface area (Å²) < 4.78 is 31.1. The van der Waals surface area contributed by atoms with E-state index >= 15 is 0 Å². The molecule has 0 spiro atoms. The highest BCUT2D eigenvalue weighted by Crippen LogP contribution is 2.27. The van der Waals surface area contributed by atoms with E-state index in [0.29, 0.717) is 40.9 Å². The lowest BCUT2D eigenvalue weighted by Gasteiger charge is -2.14. The van der Waals surface area contributed by atoms with Gasteiger partial charge in [0.05, 0.1) is 23.2 Å². The molecule has 1 saturated heterocycles. The average molecular weight is 460 g/mol. The van der Waals surface area contributed by atoms with E-state index in [2.05, 4.69) is 10.4 Å². The van der Waals surface area contributed by atoms with E-state index < -0.39 is 9.84 Å². The molecule has 1 atom stereocenters. The molecule has 1 aliphatic rings. The Bertz CT molecular complexity index is 1220. The molecule has 162 valence electrons. The second kappa shape index (κ2) is 8.72. The van der Waals surface area contributed by atoms with Crippen LogP contribution < -0.4 is 10.1 Å². The summed E-state index contributed by atoms with van der Waals surface area (Å²) in [7, 11) is -3.07. The van der Waals surface area contributed by atoms with E-state index in [0.717, 1.165) is 5.56 Å². The van der Waals surface area contributed by atoms with E-state index in [1.54, 1.807) is 48.0 Å². The Labute approximate surface area is 185 Å². The van der Waals surface area contributed by atoms with Gasteiger partial charge in [-0.15, -0.1) is 0 Å². The van der Waals surface area contributed by atoms with Crippen LogP contribution in [0.15, 0.2) is 54.6 Å². The van der Waals surface area contributed by atoms with Gasteiger partial charge in [-0.05, 0) is 49.2 Å². The van der Waals surface area contributed by atoms with E-state index in [9.17, 15) is 13.2 Å². The number of hydrogen-bond donors (Lipinski definition) is 1. The molecule has 2 heterocycles. The zero-order valence-corrected chi connectivity index (χ0v) is 18.5. The second-order valence-corrected chi connectivity index (χ2v) is 10.2. The lowest BCUT2D eigenvalue weighted by Crippen LogP contribution is -2.19. The van der Waals surface area contributed by atoms with E-state index in [4.69, 9.17) is 16.3 Å². The molecule has 1 unspecified atom stereocenters. The van der Waals surface area contributed by atoms with Crippen LogP contribution in [0, 0.1) is 6.92 Å². The van der Waals surface area contributed by atoms with Crippen LogP contribution in [0.3, 0.4) is 0 Å². The van der Waals surface area contributed by atoms with Crippen LogP contribution in [0.1, 0.15) is 34.1 Å². The van der Waals surface area contributed by atoms with Crippen molar-refractivity contribution in [3.63, 3.8) is 0 Å². The number of carbonyl (C=O) groups is 1. The molecule has 9 heteroatoms. The number of amides is 1. The zero-order chi connectivity index (χ0) is 22.0. The van der Waals surface area contributed by atoms with E-state index in [1.165, 1.54) is 0 Å². The zero-order valence-electron chi connectivity index (χ0n) is 16.9. The molecule has 1 aliphatic heterocycles. The van der Waals surface area contributed by atoms with Crippen molar-refractivity contribution in [2.24, 2.45) is 0 Å². The first kappa shape index (κ1) is 21.4. The summed E-state index contributed by atoms with van der Waals surface area (Å²) in [6.07, 6.45) is 0.485. The van der Waals surface area contributed by atoms with Gasteiger partial charge in [0.15, 0.2) is 9.84 Å². The number of ether oxygens (including phenoxy) is 1. The molecule has 0 bridgehead atoms. The normalized spacial score (nSPS) is 17.4. The molecule has 31 heavy (non-hydrogen) atoms. The van der Waals surface area contributed by atoms with Gasteiger partial charge in [0, 0.05) is 16.7 Å². The number of benzene rings is 2. The molecular weight excluding hydrogens is 438 g/mol. The summed E-state index contributed by atoms with van der Waals surface area (Å²) in [5, 5.41) is 7.88. The van der Waals surface area contributed by atoms with Crippen LogP contribution in [0.5, 0.6) is 5.75 Å². The maximum absolute atomic E-state index is 12.8. The largest absolute Gasteiger partial charge is 0.489 e. The molecule has 1 fully saturated rings. The van der Waals surface area contributed by atoms with Gasteiger partial charge in [-0.3, -0.25) is 4.79 Å². The quantitative estimate of drug-likeness (QED) is 0.600. The van der Waals surface area contributed by atoms with Crippen molar-refractivity contribution in [3.05, 3.63) is 76.4 Å². The van der Waals surface area contributed by atoms with Gasteiger partial charge in [-0.1, -0.05) is 29.8 Å². The minimum Gasteiger partial charge on any atom is -0.489 e. The number of rotatable bonds is 6. The van der Waals surface area contributed by atoms with Crippen molar-refractivity contribution >= 4 is 33.2 Å². The fourth-order valence-corrected chi connectivity index (χ4v) is 5.47.